The number of nitrogens with zero attached hydrogens (tertiary/aromatic N) is 4. The lowest BCUT2D eigenvalue weighted by Crippen LogP contribution is -2.61. The van der Waals surface area contributed by atoms with Crippen LogP contribution in [-0.4, -0.2) is 64.0 Å². The number of hydrogen-bond acceptors (Lipinski definition) is 8. The molecule has 5 heterocycles. The van der Waals surface area contributed by atoms with Crippen LogP contribution in [0.4, 0.5) is 5.95 Å². The van der Waals surface area contributed by atoms with E-state index < -0.39 is 0 Å². The fraction of sp³-hybridized carbons (Fsp3) is 0.500. The zero-order valence-corrected chi connectivity index (χ0v) is 21.5. The van der Waals surface area contributed by atoms with Crippen molar-refractivity contribution >= 4 is 39.3 Å². The molecule has 0 saturated carbocycles. The number of aryl methyl sites for hydroxylation is 1. The molecular weight excluding hydrogens is 476 g/mol. The molecule has 0 aliphatic carbocycles. The SMILES string of the molecule is Cc1cncc(C(C)Nc2nc(C(=O)N3CC(NC(=O)CCC4CCOCC4)C3)c3sccc3n2)c1. The molecule has 2 aliphatic heterocycles. The Morgan fingerprint density at radius 2 is 2.03 bits per heavy atom. The summed E-state index contributed by atoms with van der Waals surface area (Å²) in [6.45, 7) is 6.60. The molecule has 2 fully saturated rings. The first kappa shape index (κ1) is 24.6. The predicted octanol–water partition coefficient (Wildman–Crippen LogP) is 3.72. The lowest BCUT2D eigenvalue weighted by Gasteiger charge is -2.39. The lowest BCUT2D eigenvalue weighted by molar-refractivity contribution is -0.123. The van der Waals surface area contributed by atoms with Crippen LogP contribution in [-0.2, 0) is 9.53 Å². The standard InChI is InChI=1S/C26H32N6O3S/c1-16-11-19(13-27-12-16)17(2)28-26-30-21-7-10-36-24(21)23(31-26)25(34)32-14-20(15-32)29-22(33)4-3-18-5-8-35-9-6-18/h7,10-13,17-18,20H,3-6,8-9,14-15H2,1-2H3,(H,29,33)(H,28,30,31). The van der Waals surface area contributed by atoms with E-state index in [0.717, 1.165) is 53.8 Å². The third-order valence-corrected chi connectivity index (χ3v) is 7.81. The Labute approximate surface area is 214 Å². The molecule has 2 N–H and O–H groups in total. The van der Waals surface area contributed by atoms with Crippen molar-refractivity contribution in [1.82, 2.24) is 25.2 Å². The van der Waals surface area contributed by atoms with Crippen LogP contribution >= 0.6 is 11.3 Å². The van der Waals surface area contributed by atoms with Crippen LogP contribution in [0, 0.1) is 12.8 Å². The molecule has 9 nitrogen and oxygen atoms in total. The number of rotatable bonds is 8. The molecule has 3 aromatic rings. The van der Waals surface area contributed by atoms with Gasteiger partial charge in [-0.05, 0) is 61.6 Å². The van der Waals surface area contributed by atoms with Crippen molar-refractivity contribution in [1.29, 1.82) is 0 Å². The maximum Gasteiger partial charge on any atom is 0.274 e. The number of aromatic nitrogens is 3. The van der Waals surface area contributed by atoms with Gasteiger partial charge in [0.2, 0.25) is 11.9 Å². The second-order valence-corrected chi connectivity index (χ2v) is 10.7. The molecule has 1 atom stereocenters. The first-order valence-electron chi connectivity index (χ1n) is 12.6. The average molecular weight is 509 g/mol. The highest BCUT2D eigenvalue weighted by atomic mass is 32.1. The normalized spacial score (nSPS) is 17.6. The van der Waals surface area contributed by atoms with Gasteiger partial charge in [0.15, 0.2) is 5.69 Å². The summed E-state index contributed by atoms with van der Waals surface area (Å²) in [5.41, 5.74) is 3.24. The molecule has 10 heteroatoms. The number of anilines is 1. The van der Waals surface area contributed by atoms with Gasteiger partial charge in [-0.3, -0.25) is 14.6 Å². The summed E-state index contributed by atoms with van der Waals surface area (Å²) in [7, 11) is 0. The molecule has 190 valence electrons. The van der Waals surface area contributed by atoms with Crippen molar-refractivity contribution in [2.24, 2.45) is 5.92 Å². The van der Waals surface area contributed by atoms with Gasteiger partial charge in [-0.1, -0.05) is 6.07 Å². The maximum absolute atomic E-state index is 13.3. The third-order valence-electron chi connectivity index (χ3n) is 6.90. The predicted molar refractivity (Wildman–Crippen MR) is 139 cm³/mol. The van der Waals surface area contributed by atoms with Crippen LogP contribution in [0.25, 0.3) is 10.2 Å². The van der Waals surface area contributed by atoms with Gasteiger partial charge in [0.05, 0.1) is 22.3 Å². The smallest absolute Gasteiger partial charge is 0.274 e. The van der Waals surface area contributed by atoms with E-state index in [9.17, 15) is 9.59 Å². The van der Waals surface area contributed by atoms with Gasteiger partial charge < -0.3 is 20.3 Å². The van der Waals surface area contributed by atoms with Crippen molar-refractivity contribution in [3.8, 4) is 0 Å². The van der Waals surface area contributed by atoms with Gasteiger partial charge in [0, 0.05) is 45.1 Å². The van der Waals surface area contributed by atoms with Crippen molar-refractivity contribution < 1.29 is 14.3 Å². The Morgan fingerprint density at radius 3 is 2.81 bits per heavy atom. The van der Waals surface area contributed by atoms with Crippen molar-refractivity contribution in [3.05, 3.63) is 46.7 Å². The molecule has 2 amide bonds. The van der Waals surface area contributed by atoms with Gasteiger partial charge >= 0.3 is 0 Å². The van der Waals surface area contributed by atoms with Crippen LogP contribution in [0.5, 0.6) is 0 Å². The summed E-state index contributed by atoms with van der Waals surface area (Å²) in [6.07, 6.45) is 7.13. The van der Waals surface area contributed by atoms with E-state index in [0.29, 0.717) is 37.1 Å². The summed E-state index contributed by atoms with van der Waals surface area (Å²) in [4.78, 5) is 40.9. The highest BCUT2D eigenvalue weighted by Gasteiger charge is 2.34. The Balaban J connectivity index is 1.19. The Hall–Kier alpha value is -3.11. The number of ether oxygens (including phenoxy) is 1. The molecule has 36 heavy (non-hydrogen) atoms. The Bertz CT molecular complexity index is 1240. The summed E-state index contributed by atoms with van der Waals surface area (Å²) in [5.74, 6) is 0.914. The van der Waals surface area contributed by atoms with Crippen LogP contribution < -0.4 is 10.6 Å². The topological polar surface area (TPSA) is 109 Å². The van der Waals surface area contributed by atoms with E-state index >= 15 is 0 Å². The molecule has 0 bridgehead atoms. The minimum absolute atomic E-state index is 0.0109. The van der Waals surface area contributed by atoms with Gasteiger partial charge in [0.1, 0.15) is 0 Å². The maximum atomic E-state index is 13.3. The molecule has 1 unspecified atom stereocenters. The van der Waals surface area contributed by atoms with E-state index in [2.05, 4.69) is 31.7 Å². The van der Waals surface area contributed by atoms with Gasteiger partial charge in [0.25, 0.3) is 5.91 Å². The van der Waals surface area contributed by atoms with Crippen LogP contribution in [0.1, 0.15) is 60.3 Å². The fourth-order valence-electron chi connectivity index (χ4n) is 4.72. The molecular formula is C26H32N6O3S. The fourth-order valence-corrected chi connectivity index (χ4v) is 5.53. The molecule has 2 aliphatic rings. The minimum atomic E-state index is -0.134. The summed E-state index contributed by atoms with van der Waals surface area (Å²) in [6, 6.07) is 3.89. The number of hydrogen-bond donors (Lipinski definition) is 2. The number of carbonyl (C=O) groups is 2. The number of nitrogens with one attached hydrogen (secondary N) is 2. The molecule has 0 aromatic carbocycles. The number of amides is 2. The number of pyridine rings is 1. The average Bonchev–Trinajstić information content (AvgIpc) is 3.33. The van der Waals surface area contributed by atoms with E-state index in [4.69, 9.17) is 4.74 Å². The minimum Gasteiger partial charge on any atom is -0.381 e. The van der Waals surface area contributed by atoms with E-state index in [1.54, 1.807) is 4.90 Å². The van der Waals surface area contributed by atoms with Gasteiger partial charge in [-0.2, -0.15) is 0 Å². The zero-order valence-electron chi connectivity index (χ0n) is 20.7. The molecule has 0 radical (unpaired) electrons. The molecule has 2 saturated heterocycles. The highest BCUT2D eigenvalue weighted by molar-refractivity contribution is 7.17. The zero-order chi connectivity index (χ0) is 25.1. The van der Waals surface area contributed by atoms with Crippen molar-refractivity contribution in [2.45, 2.75) is 51.6 Å². The van der Waals surface area contributed by atoms with Crippen molar-refractivity contribution in [2.75, 3.05) is 31.6 Å². The monoisotopic (exact) mass is 508 g/mol. The summed E-state index contributed by atoms with van der Waals surface area (Å²) in [5, 5.41) is 8.31. The van der Waals surface area contributed by atoms with E-state index in [1.165, 1.54) is 11.3 Å². The van der Waals surface area contributed by atoms with Gasteiger partial charge in [-0.15, -0.1) is 11.3 Å². The first-order chi connectivity index (χ1) is 17.5. The quantitative estimate of drug-likeness (QED) is 0.477. The number of carbonyl (C=O) groups excluding carboxylic acids is 2. The summed E-state index contributed by atoms with van der Waals surface area (Å²) < 4.78 is 6.16. The van der Waals surface area contributed by atoms with Crippen LogP contribution in [0.3, 0.4) is 0 Å². The van der Waals surface area contributed by atoms with Crippen molar-refractivity contribution in [3.63, 3.8) is 0 Å². The van der Waals surface area contributed by atoms with Crippen LogP contribution in [0.15, 0.2) is 29.9 Å². The molecule has 5 rings (SSSR count). The number of fused-ring (bicyclic) bond motifs is 1. The second kappa shape index (κ2) is 10.9. The number of likely N-dealkylation sites (tertiary alicyclic amines) is 1. The largest absolute Gasteiger partial charge is 0.381 e. The Morgan fingerprint density at radius 1 is 1.22 bits per heavy atom. The second-order valence-electron chi connectivity index (χ2n) is 9.76. The summed E-state index contributed by atoms with van der Waals surface area (Å²) >= 11 is 1.46. The highest BCUT2D eigenvalue weighted by Crippen LogP contribution is 2.27. The Kier molecular flexibility index (Phi) is 7.43. The third kappa shape index (κ3) is 5.65. The number of thiophene rings is 1. The van der Waals surface area contributed by atoms with E-state index in [-0.39, 0.29) is 23.9 Å². The van der Waals surface area contributed by atoms with Gasteiger partial charge in [-0.25, -0.2) is 9.97 Å². The van der Waals surface area contributed by atoms with E-state index in [1.807, 2.05) is 37.7 Å². The molecule has 3 aromatic heterocycles. The first-order valence-corrected chi connectivity index (χ1v) is 13.4. The van der Waals surface area contributed by atoms with Crippen LogP contribution in [0.2, 0.25) is 0 Å². The lowest BCUT2D eigenvalue weighted by atomic mass is 9.94. The molecule has 0 spiro atoms.